The second-order valence-electron chi connectivity index (χ2n) is 7.63. The molecule has 0 unspecified atom stereocenters. The first-order valence-electron chi connectivity index (χ1n) is 11.1. The summed E-state index contributed by atoms with van der Waals surface area (Å²) in [5, 5.41) is 0. The fraction of sp³-hybridized carbons (Fsp3) is 0.727. The van der Waals surface area contributed by atoms with Crippen LogP contribution in [-0.2, 0) is 15.5 Å². The monoisotopic (exact) mass is 454 g/mol. The highest BCUT2D eigenvalue weighted by Crippen LogP contribution is 2.27. The molecule has 1 rings (SSSR count). The lowest BCUT2D eigenvalue weighted by Crippen LogP contribution is -2.41. The van der Waals surface area contributed by atoms with Gasteiger partial charge in [-0.1, -0.05) is 72.1 Å². The SMILES string of the molecule is CCCCCCCCCCCO[Si](CC)(CC)OCc1c(F)c(F)c(F)c(F)c1F. The highest BCUT2D eigenvalue weighted by Gasteiger charge is 2.35. The topological polar surface area (TPSA) is 18.5 Å². The van der Waals surface area contributed by atoms with Gasteiger partial charge in [-0.15, -0.1) is 0 Å². The van der Waals surface area contributed by atoms with E-state index in [1.54, 1.807) is 0 Å². The molecule has 1 aromatic rings. The van der Waals surface area contributed by atoms with Gasteiger partial charge in [0.1, 0.15) is 0 Å². The van der Waals surface area contributed by atoms with Crippen LogP contribution in [0.15, 0.2) is 0 Å². The van der Waals surface area contributed by atoms with Crippen molar-refractivity contribution < 1.29 is 30.8 Å². The molecule has 0 aliphatic heterocycles. The lowest BCUT2D eigenvalue weighted by molar-refractivity contribution is 0.153. The summed E-state index contributed by atoms with van der Waals surface area (Å²) in [5.74, 6) is -9.77. The van der Waals surface area contributed by atoms with Crippen LogP contribution in [0, 0.1) is 29.1 Å². The van der Waals surface area contributed by atoms with Crippen molar-refractivity contribution in [3.8, 4) is 0 Å². The van der Waals surface area contributed by atoms with Gasteiger partial charge in [-0.25, -0.2) is 22.0 Å². The Morgan fingerprint density at radius 2 is 1.00 bits per heavy atom. The minimum absolute atomic E-state index is 0.473. The average molecular weight is 455 g/mol. The van der Waals surface area contributed by atoms with E-state index < -0.39 is 49.8 Å². The zero-order valence-electron chi connectivity index (χ0n) is 18.4. The molecule has 0 fully saturated rings. The van der Waals surface area contributed by atoms with Crippen LogP contribution in [0.4, 0.5) is 22.0 Å². The Balaban J connectivity index is 2.50. The predicted molar refractivity (Wildman–Crippen MR) is 111 cm³/mol. The van der Waals surface area contributed by atoms with E-state index in [4.69, 9.17) is 8.85 Å². The first-order chi connectivity index (χ1) is 14.3. The quantitative estimate of drug-likeness (QED) is 0.0830. The molecule has 30 heavy (non-hydrogen) atoms. The minimum atomic E-state index is -2.78. The maximum absolute atomic E-state index is 13.9. The predicted octanol–water partition coefficient (Wildman–Crippen LogP) is 7.93. The van der Waals surface area contributed by atoms with Gasteiger partial charge in [-0.3, -0.25) is 0 Å². The zero-order chi connectivity index (χ0) is 22.6. The summed E-state index contributed by atoms with van der Waals surface area (Å²) in [5.41, 5.74) is -0.947. The van der Waals surface area contributed by atoms with Crippen LogP contribution >= 0.6 is 0 Å². The summed E-state index contributed by atoms with van der Waals surface area (Å²) in [4.78, 5) is 0. The van der Waals surface area contributed by atoms with E-state index in [0.29, 0.717) is 18.7 Å². The van der Waals surface area contributed by atoms with Gasteiger partial charge in [0.25, 0.3) is 0 Å². The summed E-state index contributed by atoms with van der Waals surface area (Å²) < 4.78 is 79.4. The lowest BCUT2D eigenvalue weighted by atomic mass is 10.1. The molecule has 0 radical (unpaired) electrons. The van der Waals surface area contributed by atoms with Crippen LogP contribution in [0.3, 0.4) is 0 Å². The van der Waals surface area contributed by atoms with Crippen LogP contribution in [0.25, 0.3) is 0 Å². The second-order valence-corrected chi connectivity index (χ2v) is 11.4. The van der Waals surface area contributed by atoms with Gasteiger partial charge in [-0.05, 0) is 18.5 Å². The molecular weight excluding hydrogens is 419 g/mol. The number of halogens is 5. The summed E-state index contributed by atoms with van der Waals surface area (Å²) in [6.07, 6.45) is 10.6. The van der Waals surface area contributed by atoms with Gasteiger partial charge in [-0.2, -0.15) is 0 Å². The Morgan fingerprint density at radius 1 is 0.567 bits per heavy atom. The van der Waals surface area contributed by atoms with Crippen molar-refractivity contribution in [2.75, 3.05) is 6.61 Å². The van der Waals surface area contributed by atoms with Crippen molar-refractivity contribution >= 4 is 8.56 Å². The van der Waals surface area contributed by atoms with E-state index in [0.717, 1.165) is 19.3 Å². The van der Waals surface area contributed by atoms with Crippen molar-refractivity contribution in [2.24, 2.45) is 0 Å². The Kier molecular flexibility index (Phi) is 12.7. The van der Waals surface area contributed by atoms with E-state index in [-0.39, 0.29) is 0 Å². The van der Waals surface area contributed by atoms with E-state index in [1.807, 2.05) is 13.8 Å². The minimum Gasteiger partial charge on any atom is -0.394 e. The molecule has 0 aromatic heterocycles. The number of benzene rings is 1. The van der Waals surface area contributed by atoms with Crippen molar-refractivity contribution in [2.45, 2.75) is 97.3 Å². The maximum Gasteiger partial charge on any atom is 0.337 e. The van der Waals surface area contributed by atoms with Gasteiger partial charge in [0.15, 0.2) is 23.3 Å². The molecule has 0 bridgehead atoms. The molecule has 2 nitrogen and oxygen atoms in total. The Morgan fingerprint density at radius 3 is 1.47 bits per heavy atom. The molecule has 174 valence electrons. The van der Waals surface area contributed by atoms with Crippen LogP contribution in [-0.4, -0.2) is 15.2 Å². The average Bonchev–Trinajstić information content (AvgIpc) is 2.76. The molecule has 0 heterocycles. The number of rotatable bonds is 16. The molecule has 0 atom stereocenters. The van der Waals surface area contributed by atoms with Crippen LogP contribution in [0.1, 0.15) is 84.1 Å². The van der Waals surface area contributed by atoms with Gasteiger partial charge < -0.3 is 8.85 Å². The molecule has 8 heteroatoms. The van der Waals surface area contributed by atoms with Gasteiger partial charge in [0, 0.05) is 6.61 Å². The van der Waals surface area contributed by atoms with Crippen molar-refractivity contribution in [1.29, 1.82) is 0 Å². The number of unbranched alkanes of at least 4 members (excludes halogenated alkanes) is 8. The van der Waals surface area contributed by atoms with Crippen molar-refractivity contribution in [3.63, 3.8) is 0 Å². The Labute approximate surface area is 178 Å². The Bertz CT molecular complexity index is 609. The summed E-state index contributed by atoms with van der Waals surface area (Å²) in [7, 11) is -2.78. The fourth-order valence-corrected chi connectivity index (χ4v) is 5.68. The van der Waals surface area contributed by atoms with Crippen molar-refractivity contribution in [1.82, 2.24) is 0 Å². The first-order valence-corrected chi connectivity index (χ1v) is 13.3. The fourth-order valence-electron chi connectivity index (χ4n) is 3.35. The van der Waals surface area contributed by atoms with Crippen LogP contribution in [0.5, 0.6) is 0 Å². The van der Waals surface area contributed by atoms with E-state index in [1.165, 1.54) is 38.5 Å². The normalized spacial score (nSPS) is 12.0. The molecule has 0 saturated carbocycles. The molecule has 0 amide bonds. The van der Waals surface area contributed by atoms with Gasteiger partial charge in [0.2, 0.25) is 5.82 Å². The summed E-state index contributed by atoms with van der Waals surface area (Å²) >= 11 is 0. The maximum atomic E-state index is 13.9. The van der Waals surface area contributed by atoms with Gasteiger partial charge in [0.05, 0.1) is 12.2 Å². The summed E-state index contributed by atoms with van der Waals surface area (Å²) in [6, 6.07) is 1.05. The van der Waals surface area contributed by atoms with E-state index >= 15 is 0 Å². The van der Waals surface area contributed by atoms with Crippen LogP contribution in [0.2, 0.25) is 12.1 Å². The smallest absolute Gasteiger partial charge is 0.337 e. The molecular formula is C22H35F5O2Si. The second kappa shape index (κ2) is 14.1. The first kappa shape index (κ1) is 27.0. The highest BCUT2D eigenvalue weighted by atomic mass is 28.4. The van der Waals surface area contributed by atoms with E-state index in [2.05, 4.69) is 6.92 Å². The standard InChI is InChI=1S/C22H35F5O2Si/c1-4-7-8-9-10-11-12-13-14-15-28-30(5-2,6-3)29-16-17-18(23)20(25)22(27)21(26)19(17)24/h4-16H2,1-3H3. The van der Waals surface area contributed by atoms with Gasteiger partial charge >= 0.3 is 8.56 Å². The van der Waals surface area contributed by atoms with Crippen molar-refractivity contribution in [3.05, 3.63) is 34.6 Å². The lowest BCUT2D eigenvalue weighted by Gasteiger charge is -2.29. The third-order valence-electron chi connectivity index (χ3n) is 5.47. The highest BCUT2D eigenvalue weighted by molar-refractivity contribution is 6.67. The molecule has 0 aliphatic rings. The van der Waals surface area contributed by atoms with E-state index in [9.17, 15) is 22.0 Å². The molecule has 0 aliphatic carbocycles. The molecule has 0 N–H and O–H groups in total. The number of hydrogen-bond donors (Lipinski definition) is 0. The van der Waals surface area contributed by atoms with Crippen LogP contribution < -0.4 is 0 Å². The zero-order valence-corrected chi connectivity index (χ0v) is 19.4. The molecule has 0 saturated heterocycles. The summed E-state index contributed by atoms with van der Waals surface area (Å²) in [6.45, 7) is 5.68. The number of hydrogen-bond acceptors (Lipinski definition) is 2. The largest absolute Gasteiger partial charge is 0.394 e. The third kappa shape index (κ3) is 7.93. The molecule has 0 spiro atoms. The third-order valence-corrected chi connectivity index (χ3v) is 9.03. The Hall–Kier alpha value is -0.993. The molecule has 1 aromatic carbocycles.